The Labute approximate surface area is 163 Å². The van der Waals surface area contributed by atoms with E-state index in [9.17, 15) is 14.4 Å². The maximum atomic E-state index is 12.8. The van der Waals surface area contributed by atoms with Gasteiger partial charge in [-0.2, -0.15) is 0 Å². The van der Waals surface area contributed by atoms with Gasteiger partial charge in [-0.1, -0.05) is 18.2 Å². The molecule has 1 aliphatic rings. The minimum Gasteiger partial charge on any atom is -0.495 e. The average Bonchev–Trinajstić information content (AvgIpc) is 3.10. The van der Waals surface area contributed by atoms with E-state index >= 15 is 0 Å². The van der Waals surface area contributed by atoms with Gasteiger partial charge >= 0.3 is 5.97 Å². The second-order valence-electron chi connectivity index (χ2n) is 6.59. The fraction of sp³-hybridized carbons (Fsp3) is 0.286. The number of benzene rings is 2. The third kappa shape index (κ3) is 3.83. The van der Waals surface area contributed by atoms with Crippen molar-refractivity contribution in [3.63, 3.8) is 0 Å². The third-order valence-electron chi connectivity index (χ3n) is 4.79. The number of nitrogens with zero attached hydrogens (tertiary/aromatic N) is 1. The number of carbonyl (C=O) groups is 3. The maximum absolute atomic E-state index is 12.8. The Morgan fingerprint density at radius 3 is 2.61 bits per heavy atom. The molecule has 1 atom stereocenters. The maximum Gasteiger partial charge on any atom is 0.337 e. The number of rotatable bonds is 5. The monoisotopic (exact) mass is 382 g/mol. The van der Waals surface area contributed by atoms with Crippen molar-refractivity contribution in [2.24, 2.45) is 5.92 Å². The second kappa shape index (κ2) is 8.12. The summed E-state index contributed by atoms with van der Waals surface area (Å²) in [6, 6.07) is 12.2. The molecule has 0 saturated carbocycles. The molecule has 7 heteroatoms. The minimum absolute atomic E-state index is 0.111. The smallest absolute Gasteiger partial charge is 0.337 e. The molecule has 3 rings (SSSR count). The van der Waals surface area contributed by atoms with Gasteiger partial charge in [0.1, 0.15) is 5.75 Å². The molecular formula is C21H22N2O5. The summed E-state index contributed by atoms with van der Waals surface area (Å²) in [6.07, 6.45) is 0.111. The Bertz CT molecular complexity index is 925. The molecule has 1 N–H and O–H groups in total. The fourth-order valence-corrected chi connectivity index (χ4v) is 3.21. The largest absolute Gasteiger partial charge is 0.495 e. The van der Waals surface area contributed by atoms with Crippen molar-refractivity contribution in [2.45, 2.75) is 13.3 Å². The lowest BCUT2D eigenvalue weighted by atomic mass is 10.1. The first-order valence-corrected chi connectivity index (χ1v) is 8.87. The lowest BCUT2D eigenvalue weighted by Gasteiger charge is -2.19. The Balaban J connectivity index is 1.76. The van der Waals surface area contributed by atoms with Crippen LogP contribution in [0.15, 0.2) is 42.5 Å². The summed E-state index contributed by atoms with van der Waals surface area (Å²) in [6.45, 7) is 2.10. The zero-order valence-electron chi connectivity index (χ0n) is 16.0. The van der Waals surface area contributed by atoms with Gasteiger partial charge in [0.15, 0.2) is 0 Å². The molecule has 1 fully saturated rings. The number of amides is 2. The van der Waals surface area contributed by atoms with Crippen LogP contribution < -0.4 is 15.0 Å². The molecule has 2 aromatic carbocycles. The number of esters is 1. The van der Waals surface area contributed by atoms with Gasteiger partial charge in [0.25, 0.3) is 0 Å². The highest BCUT2D eigenvalue weighted by atomic mass is 16.5. The van der Waals surface area contributed by atoms with Crippen molar-refractivity contribution in [3.05, 3.63) is 53.6 Å². The van der Waals surface area contributed by atoms with Crippen LogP contribution in [0.4, 0.5) is 11.4 Å². The zero-order valence-corrected chi connectivity index (χ0v) is 16.0. The topological polar surface area (TPSA) is 84.9 Å². The van der Waals surface area contributed by atoms with Crippen LogP contribution in [0.25, 0.3) is 0 Å². The molecule has 0 aromatic heterocycles. The molecule has 2 amide bonds. The summed E-state index contributed by atoms with van der Waals surface area (Å²) in [4.78, 5) is 38.5. The van der Waals surface area contributed by atoms with Crippen LogP contribution in [0.2, 0.25) is 0 Å². The van der Waals surface area contributed by atoms with Crippen molar-refractivity contribution in [1.82, 2.24) is 0 Å². The second-order valence-corrected chi connectivity index (χ2v) is 6.59. The SMILES string of the molecule is COC(=O)c1ccc(C)c(NC(=O)[C@@H]2CC(=O)N(c3ccccc3OC)C2)c1. The Hall–Kier alpha value is -3.35. The molecule has 0 aliphatic carbocycles. The number of hydrogen-bond acceptors (Lipinski definition) is 5. The van der Waals surface area contributed by atoms with Crippen LogP contribution in [0, 0.1) is 12.8 Å². The van der Waals surface area contributed by atoms with Gasteiger partial charge in [0.05, 0.1) is 31.4 Å². The summed E-state index contributed by atoms with van der Waals surface area (Å²) in [5.74, 6) is -0.799. The molecule has 146 valence electrons. The summed E-state index contributed by atoms with van der Waals surface area (Å²) >= 11 is 0. The Morgan fingerprint density at radius 1 is 1.14 bits per heavy atom. The predicted octanol–water partition coefficient (Wildman–Crippen LogP) is 2.78. The highest BCUT2D eigenvalue weighted by Crippen LogP contribution is 2.33. The van der Waals surface area contributed by atoms with E-state index in [4.69, 9.17) is 9.47 Å². The molecule has 1 heterocycles. The molecular weight excluding hydrogens is 360 g/mol. The first-order valence-electron chi connectivity index (χ1n) is 8.87. The van der Waals surface area contributed by atoms with Crippen molar-refractivity contribution in [3.8, 4) is 5.75 Å². The Kier molecular flexibility index (Phi) is 5.63. The number of para-hydroxylation sites is 2. The van der Waals surface area contributed by atoms with Crippen molar-refractivity contribution < 1.29 is 23.9 Å². The van der Waals surface area contributed by atoms with Gasteiger partial charge < -0.3 is 19.7 Å². The van der Waals surface area contributed by atoms with Crippen molar-refractivity contribution >= 4 is 29.2 Å². The standard InChI is InChI=1S/C21H22N2O5/c1-13-8-9-14(21(26)28-3)10-16(13)22-20(25)15-11-19(24)23(12-15)17-6-4-5-7-18(17)27-2/h4-10,15H,11-12H2,1-3H3,(H,22,25)/t15-/m1/s1. The third-order valence-corrected chi connectivity index (χ3v) is 4.79. The van der Waals surface area contributed by atoms with E-state index in [1.807, 2.05) is 19.1 Å². The zero-order chi connectivity index (χ0) is 20.3. The first kappa shape index (κ1) is 19.4. The highest BCUT2D eigenvalue weighted by molar-refractivity contribution is 6.04. The van der Waals surface area contributed by atoms with Gasteiger partial charge in [0.2, 0.25) is 11.8 Å². The van der Waals surface area contributed by atoms with E-state index in [2.05, 4.69) is 5.32 Å². The highest BCUT2D eigenvalue weighted by Gasteiger charge is 2.36. The number of anilines is 2. The molecule has 0 radical (unpaired) electrons. The van der Waals surface area contributed by atoms with Gasteiger partial charge in [-0.15, -0.1) is 0 Å². The molecule has 7 nitrogen and oxygen atoms in total. The molecule has 1 aliphatic heterocycles. The normalized spacial score (nSPS) is 16.0. The molecule has 0 spiro atoms. The van der Waals surface area contributed by atoms with E-state index < -0.39 is 11.9 Å². The van der Waals surface area contributed by atoms with Crippen LogP contribution in [0.1, 0.15) is 22.3 Å². The van der Waals surface area contributed by atoms with E-state index in [-0.39, 0.29) is 24.8 Å². The van der Waals surface area contributed by atoms with Gasteiger partial charge in [-0.05, 0) is 36.8 Å². The average molecular weight is 382 g/mol. The summed E-state index contributed by atoms with van der Waals surface area (Å²) in [7, 11) is 2.84. The summed E-state index contributed by atoms with van der Waals surface area (Å²) < 4.78 is 10.0. The number of nitrogens with one attached hydrogen (secondary N) is 1. The number of methoxy groups -OCH3 is 2. The van der Waals surface area contributed by atoms with Gasteiger partial charge in [-0.25, -0.2) is 4.79 Å². The lowest BCUT2D eigenvalue weighted by Crippen LogP contribution is -2.28. The van der Waals surface area contributed by atoms with Crippen LogP contribution in [-0.2, 0) is 14.3 Å². The molecule has 1 saturated heterocycles. The lowest BCUT2D eigenvalue weighted by molar-refractivity contribution is -0.122. The van der Waals surface area contributed by atoms with E-state index in [1.165, 1.54) is 7.11 Å². The number of aryl methyl sites for hydroxylation is 1. The molecule has 0 unspecified atom stereocenters. The van der Waals surface area contributed by atoms with Gasteiger partial charge in [0, 0.05) is 18.7 Å². The van der Waals surface area contributed by atoms with E-state index in [0.29, 0.717) is 22.7 Å². The quantitative estimate of drug-likeness (QED) is 0.804. The van der Waals surface area contributed by atoms with E-state index in [1.54, 1.807) is 42.3 Å². The predicted molar refractivity (Wildman–Crippen MR) is 105 cm³/mol. The van der Waals surface area contributed by atoms with Gasteiger partial charge in [-0.3, -0.25) is 9.59 Å². The molecule has 2 aromatic rings. The number of carbonyl (C=O) groups excluding carboxylic acids is 3. The first-order chi connectivity index (χ1) is 13.4. The van der Waals surface area contributed by atoms with Crippen LogP contribution in [0.3, 0.4) is 0 Å². The van der Waals surface area contributed by atoms with Crippen LogP contribution in [-0.4, -0.2) is 38.5 Å². The van der Waals surface area contributed by atoms with Crippen molar-refractivity contribution in [1.29, 1.82) is 0 Å². The molecule has 28 heavy (non-hydrogen) atoms. The summed E-state index contributed by atoms with van der Waals surface area (Å²) in [5, 5.41) is 2.84. The number of ether oxygens (including phenoxy) is 2. The van der Waals surface area contributed by atoms with Crippen molar-refractivity contribution in [2.75, 3.05) is 31.0 Å². The number of hydrogen-bond donors (Lipinski definition) is 1. The van der Waals surface area contributed by atoms with Crippen LogP contribution >= 0.6 is 0 Å². The Morgan fingerprint density at radius 2 is 1.89 bits per heavy atom. The minimum atomic E-state index is -0.501. The van der Waals surface area contributed by atoms with E-state index in [0.717, 1.165) is 5.56 Å². The summed E-state index contributed by atoms with van der Waals surface area (Å²) in [5.41, 5.74) is 2.33. The fourth-order valence-electron chi connectivity index (χ4n) is 3.21. The van der Waals surface area contributed by atoms with Crippen LogP contribution in [0.5, 0.6) is 5.75 Å². The molecule has 0 bridgehead atoms.